The normalized spacial score (nSPS) is 11.7. The number of benzene rings is 1. The maximum absolute atomic E-state index is 11.8. The first kappa shape index (κ1) is 18.5. The van der Waals surface area contributed by atoms with Crippen molar-refractivity contribution in [1.82, 2.24) is 10.6 Å². The molecule has 0 saturated heterocycles. The fourth-order valence-electron chi connectivity index (χ4n) is 2.08. The van der Waals surface area contributed by atoms with Crippen LogP contribution in [0.4, 0.5) is 4.79 Å². The van der Waals surface area contributed by atoms with Crippen LogP contribution in [0.15, 0.2) is 28.7 Å². The first-order valence-corrected chi connectivity index (χ1v) is 8.34. The van der Waals surface area contributed by atoms with E-state index >= 15 is 0 Å². The summed E-state index contributed by atoms with van der Waals surface area (Å²) in [6.07, 6.45) is 3.83. The van der Waals surface area contributed by atoms with Crippen molar-refractivity contribution in [2.24, 2.45) is 5.73 Å². The van der Waals surface area contributed by atoms with Crippen molar-refractivity contribution in [1.29, 1.82) is 0 Å². The summed E-state index contributed by atoms with van der Waals surface area (Å²) in [7, 11) is 0. The first-order valence-electron chi connectivity index (χ1n) is 7.54. The number of urea groups is 1. The standard InChI is InChI=1S/C16H24BrN3O2/c1-12(5-6-13-7-9-14(17)10-8-13)20-15(21)4-2-3-11-19-16(18)22/h7-10,12H,2-6,11H2,1H3,(H,20,21)(H3,18,19,22). The van der Waals surface area contributed by atoms with Gasteiger partial charge in [0.15, 0.2) is 0 Å². The van der Waals surface area contributed by atoms with Crippen molar-refractivity contribution < 1.29 is 9.59 Å². The van der Waals surface area contributed by atoms with Gasteiger partial charge in [-0.2, -0.15) is 0 Å². The highest BCUT2D eigenvalue weighted by molar-refractivity contribution is 9.10. The lowest BCUT2D eigenvalue weighted by Gasteiger charge is -2.14. The van der Waals surface area contributed by atoms with Gasteiger partial charge in [0.1, 0.15) is 0 Å². The molecule has 1 rings (SSSR count). The van der Waals surface area contributed by atoms with Crippen molar-refractivity contribution in [3.05, 3.63) is 34.3 Å². The van der Waals surface area contributed by atoms with Gasteiger partial charge in [-0.25, -0.2) is 4.79 Å². The molecule has 0 fully saturated rings. The summed E-state index contributed by atoms with van der Waals surface area (Å²) in [5, 5.41) is 5.51. The molecule has 0 aliphatic carbocycles. The summed E-state index contributed by atoms with van der Waals surface area (Å²) in [4.78, 5) is 22.3. The summed E-state index contributed by atoms with van der Waals surface area (Å²) >= 11 is 3.41. The Balaban J connectivity index is 2.13. The maximum atomic E-state index is 11.8. The van der Waals surface area contributed by atoms with Crippen LogP contribution in [0.5, 0.6) is 0 Å². The number of amides is 3. The lowest BCUT2D eigenvalue weighted by atomic mass is 10.1. The largest absolute Gasteiger partial charge is 0.354 e. The van der Waals surface area contributed by atoms with Crippen molar-refractivity contribution in [2.75, 3.05) is 6.54 Å². The molecule has 0 heterocycles. The summed E-state index contributed by atoms with van der Waals surface area (Å²) in [6, 6.07) is 7.86. The molecule has 0 aliphatic rings. The topological polar surface area (TPSA) is 84.2 Å². The third kappa shape index (κ3) is 8.67. The number of primary amides is 1. The van der Waals surface area contributed by atoms with Crippen molar-refractivity contribution >= 4 is 27.9 Å². The summed E-state index contributed by atoms with van der Waals surface area (Å²) in [5.41, 5.74) is 6.22. The zero-order valence-corrected chi connectivity index (χ0v) is 14.5. The zero-order chi connectivity index (χ0) is 16.4. The molecular formula is C16H24BrN3O2. The molecule has 0 saturated carbocycles. The fourth-order valence-corrected chi connectivity index (χ4v) is 2.34. The van der Waals surface area contributed by atoms with Crippen LogP contribution in [0.25, 0.3) is 0 Å². The minimum absolute atomic E-state index is 0.0578. The quantitative estimate of drug-likeness (QED) is 0.584. The van der Waals surface area contributed by atoms with Crippen LogP contribution in [0.3, 0.4) is 0 Å². The molecule has 4 N–H and O–H groups in total. The van der Waals surface area contributed by atoms with Crippen molar-refractivity contribution in [3.63, 3.8) is 0 Å². The SMILES string of the molecule is CC(CCc1ccc(Br)cc1)NC(=O)CCCCNC(N)=O. The Bertz CT molecular complexity index is 477. The average molecular weight is 370 g/mol. The third-order valence-corrected chi connectivity index (χ3v) is 3.85. The van der Waals surface area contributed by atoms with Gasteiger partial charge >= 0.3 is 6.03 Å². The molecule has 0 radical (unpaired) electrons. The Labute approximate surface area is 140 Å². The van der Waals surface area contributed by atoms with Crippen LogP contribution in [-0.4, -0.2) is 24.5 Å². The van der Waals surface area contributed by atoms with E-state index in [1.807, 2.05) is 19.1 Å². The Hall–Kier alpha value is -1.56. The van der Waals surface area contributed by atoms with E-state index in [4.69, 9.17) is 5.73 Å². The van der Waals surface area contributed by atoms with Gasteiger partial charge in [-0.15, -0.1) is 0 Å². The molecule has 1 aromatic rings. The molecule has 22 heavy (non-hydrogen) atoms. The van der Waals surface area contributed by atoms with E-state index < -0.39 is 6.03 Å². The van der Waals surface area contributed by atoms with E-state index in [2.05, 4.69) is 38.7 Å². The minimum Gasteiger partial charge on any atom is -0.354 e. The van der Waals surface area contributed by atoms with Gasteiger partial charge in [-0.1, -0.05) is 28.1 Å². The van der Waals surface area contributed by atoms with Crippen LogP contribution >= 0.6 is 15.9 Å². The molecule has 0 spiro atoms. The van der Waals surface area contributed by atoms with E-state index in [-0.39, 0.29) is 11.9 Å². The average Bonchev–Trinajstić information content (AvgIpc) is 2.46. The second-order valence-corrected chi connectivity index (χ2v) is 6.30. The maximum Gasteiger partial charge on any atom is 0.312 e. The predicted molar refractivity (Wildman–Crippen MR) is 91.5 cm³/mol. The molecule has 1 aromatic carbocycles. The van der Waals surface area contributed by atoms with Gasteiger partial charge in [-0.3, -0.25) is 4.79 Å². The van der Waals surface area contributed by atoms with Gasteiger partial charge in [0.05, 0.1) is 0 Å². The molecule has 0 aliphatic heterocycles. The van der Waals surface area contributed by atoms with Crippen LogP contribution in [0.1, 0.15) is 38.2 Å². The number of aryl methyl sites for hydroxylation is 1. The molecule has 1 atom stereocenters. The minimum atomic E-state index is -0.522. The number of nitrogens with one attached hydrogen (secondary N) is 2. The van der Waals surface area contributed by atoms with E-state index in [1.54, 1.807) is 0 Å². The highest BCUT2D eigenvalue weighted by Crippen LogP contribution is 2.12. The molecule has 5 nitrogen and oxygen atoms in total. The number of halogens is 1. The van der Waals surface area contributed by atoms with Crippen molar-refractivity contribution in [2.45, 2.75) is 45.1 Å². The Morgan fingerprint density at radius 3 is 2.55 bits per heavy atom. The predicted octanol–water partition coefficient (Wildman–Crippen LogP) is 2.72. The number of hydrogen-bond acceptors (Lipinski definition) is 2. The molecular weight excluding hydrogens is 346 g/mol. The highest BCUT2D eigenvalue weighted by Gasteiger charge is 2.07. The fraction of sp³-hybridized carbons (Fsp3) is 0.500. The highest BCUT2D eigenvalue weighted by atomic mass is 79.9. The van der Waals surface area contributed by atoms with Crippen LogP contribution in [-0.2, 0) is 11.2 Å². The number of hydrogen-bond donors (Lipinski definition) is 3. The van der Waals surface area contributed by atoms with E-state index in [9.17, 15) is 9.59 Å². The number of nitrogens with two attached hydrogens (primary N) is 1. The Morgan fingerprint density at radius 2 is 1.91 bits per heavy atom. The number of rotatable bonds is 9. The molecule has 0 aromatic heterocycles. The van der Waals surface area contributed by atoms with E-state index in [0.717, 1.165) is 30.2 Å². The van der Waals surface area contributed by atoms with Gasteiger partial charge < -0.3 is 16.4 Å². The lowest BCUT2D eigenvalue weighted by Crippen LogP contribution is -2.33. The van der Waals surface area contributed by atoms with Gasteiger partial charge in [-0.05, 0) is 50.3 Å². The third-order valence-electron chi connectivity index (χ3n) is 3.32. The second-order valence-electron chi connectivity index (χ2n) is 5.38. The molecule has 122 valence electrons. The number of unbranched alkanes of at least 4 members (excludes halogenated alkanes) is 1. The monoisotopic (exact) mass is 369 g/mol. The molecule has 1 unspecified atom stereocenters. The zero-order valence-electron chi connectivity index (χ0n) is 12.9. The Morgan fingerprint density at radius 1 is 1.23 bits per heavy atom. The van der Waals surface area contributed by atoms with Crippen LogP contribution < -0.4 is 16.4 Å². The second kappa shape index (κ2) is 10.2. The summed E-state index contributed by atoms with van der Waals surface area (Å²) in [5.74, 6) is 0.0578. The van der Waals surface area contributed by atoms with Crippen LogP contribution in [0, 0.1) is 0 Å². The molecule has 0 bridgehead atoms. The van der Waals surface area contributed by atoms with Gasteiger partial charge in [0.2, 0.25) is 5.91 Å². The number of carbonyl (C=O) groups excluding carboxylic acids is 2. The van der Waals surface area contributed by atoms with Crippen LogP contribution in [0.2, 0.25) is 0 Å². The molecule has 6 heteroatoms. The van der Waals surface area contributed by atoms with Gasteiger partial charge in [0, 0.05) is 23.5 Å². The first-order chi connectivity index (χ1) is 10.5. The smallest absolute Gasteiger partial charge is 0.312 e. The number of carbonyl (C=O) groups is 2. The summed E-state index contributed by atoms with van der Waals surface area (Å²) in [6.45, 7) is 2.53. The lowest BCUT2D eigenvalue weighted by molar-refractivity contribution is -0.121. The van der Waals surface area contributed by atoms with E-state index in [1.165, 1.54) is 5.56 Å². The van der Waals surface area contributed by atoms with Gasteiger partial charge in [0.25, 0.3) is 0 Å². The molecule has 3 amide bonds. The van der Waals surface area contributed by atoms with Crippen molar-refractivity contribution in [3.8, 4) is 0 Å². The Kier molecular flexibility index (Phi) is 8.58. The summed E-state index contributed by atoms with van der Waals surface area (Å²) < 4.78 is 1.07. The van der Waals surface area contributed by atoms with E-state index in [0.29, 0.717) is 13.0 Å².